The Labute approximate surface area is 116 Å². The molecule has 0 heterocycles. The molecule has 0 spiro atoms. The monoisotopic (exact) mass is 263 g/mol. The van der Waals surface area contributed by atoms with Crippen LogP contribution >= 0.6 is 0 Å². The minimum absolute atomic E-state index is 0.144. The van der Waals surface area contributed by atoms with Crippen molar-refractivity contribution in [3.8, 4) is 5.75 Å². The zero-order chi connectivity index (χ0) is 13.7. The summed E-state index contributed by atoms with van der Waals surface area (Å²) in [6.07, 6.45) is 5.37. The van der Waals surface area contributed by atoms with Crippen LogP contribution in [0.15, 0.2) is 24.3 Å². The van der Waals surface area contributed by atoms with Crippen LogP contribution in [0.3, 0.4) is 0 Å². The molecule has 106 valence electrons. The van der Waals surface area contributed by atoms with Crippen LogP contribution in [0.2, 0.25) is 0 Å². The third-order valence-corrected chi connectivity index (χ3v) is 4.17. The summed E-state index contributed by atoms with van der Waals surface area (Å²) in [4.78, 5) is 2.31. The molecule has 0 bridgehead atoms. The zero-order valence-electron chi connectivity index (χ0n) is 12.0. The number of aliphatic hydroxyl groups excluding tert-OH is 1. The molecule has 1 aliphatic carbocycles. The molecule has 0 amide bonds. The van der Waals surface area contributed by atoms with E-state index in [0.29, 0.717) is 6.04 Å². The second kappa shape index (κ2) is 6.92. The van der Waals surface area contributed by atoms with Crippen LogP contribution < -0.4 is 4.74 Å². The Balaban J connectivity index is 1.83. The standard InChI is InChI=1S/C16H25NO2/c1-17(15-5-3-4-6-16(15)18)12-11-13-7-9-14(19-2)10-8-13/h7-10,15-16,18H,3-6,11-12H2,1-2H3. The molecule has 2 rings (SSSR count). The van der Waals surface area contributed by atoms with Crippen molar-refractivity contribution in [2.75, 3.05) is 20.7 Å². The average Bonchev–Trinajstić information content (AvgIpc) is 2.46. The molecule has 3 heteroatoms. The van der Waals surface area contributed by atoms with Gasteiger partial charge in [0, 0.05) is 12.6 Å². The van der Waals surface area contributed by atoms with Gasteiger partial charge in [-0.1, -0.05) is 25.0 Å². The second-order valence-electron chi connectivity index (χ2n) is 5.50. The quantitative estimate of drug-likeness (QED) is 0.886. The number of nitrogens with zero attached hydrogens (tertiary/aromatic N) is 1. The molecule has 0 aromatic heterocycles. The summed E-state index contributed by atoms with van der Waals surface area (Å²) in [5.74, 6) is 0.903. The van der Waals surface area contributed by atoms with E-state index in [4.69, 9.17) is 4.74 Å². The van der Waals surface area contributed by atoms with E-state index in [-0.39, 0.29) is 6.10 Å². The maximum atomic E-state index is 10.0. The first-order valence-corrected chi connectivity index (χ1v) is 7.22. The van der Waals surface area contributed by atoms with E-state index in [0.717, 1.165) is 31.6 Å². The number of likely N-dealkylation sites (N-methyl/N-ethyl adjacent to an activating group) is 1. The molecule has 1 aromatic rings. The Hall–Kier alpha value is -1.06. The van der Waals surface area contributed by atoms with Gasteiger partial charge >= 0.3 is 0 Å². The van der Waals surface area contributed by atoms with Crippen LogP contribution in [0, 0.1) is 0 Å². The summed E-state index contributed by atoms with van der Waals surface area (Å²) in [6.45, 7) is 0.994. The van der Waals surface area contributed by atoms with Crippen LogP contribution in [-0.2, 0) is 6.42 Å². The predicted molar refractivity (Wildman–Crippen MR) is 77.6 cm³/mol. The Morgan fingerprint density at radius 3 is 2.53 bits per heavy atom. The summed E-state index contributed by atoms with van der Waals surface area (Å²) in [5.41, 5.74) is 1.32. The largest absolute Gasteiger partial charge is 0.497 e. The van der Waals surface area contributed by atoms with Gasteiger partial charge in [-0.2, -0.15) is 0 Å². The molecular formula is C16H25NO2. The SMILES string of the molecule is COc1ccc(CCN(C)C2CCCCC2O)cc1. The highest BCUT2D eigenvalue weighted by atomic mass is 16.5. The van der Waals surface area contributed by atoms with Gasteiger partial charge in [0.15, 0.2) is 0 Å². The fourth-order valence-electron chi connectivity index (χ4n) is 2.87. The van der Waals surface area contributed by atoms with E-state index >= 15 is 0 Å². The number of rotatable bonds is 5. The fourth-order valence-corrected chi connectivity index (χ4v) is 2.87. The maximum Gasteiger partial charge on any atom is 0.118 e. The van der Waals surface area contributed by atoms with Crippen molar-refractivity contribution in [2.45, 2.75) is 44.2 Å². The Morgan fingerprint density at radius 1 is 1.21 bits per heavy atom. The van der Waals surface area contributed by atoms with Gasteiger partial charge in [0.1, 0.15) is 5.75 Å². The second-order valence-corrected chi connectivity index (χ2v) is 5.50. The third-order valence-electron chi connectivity index (χ3n) is 4.17. The van der Waals surface area contributed by atoms with Crippen LogP contribution in [-0.4, -0.2) is 42.9 Å². The summed E-state index contributed by atoms with van der Waals surface area (Å²) in [6, 6.07) is 8.58. The van der Waals surface area contributed by atoms with Crippen molar-refractivity contribution in [1.29, 1.82) is 0 Å². The molecule has 1 fully saturated rings. The smallest absolute Gasteiger partial charge is 0.118 e. The molecule has 2 unspecified atom stereocenters. The lowest BCUT2D eigenvalue weighted by Gasteiger charge is -2.35. The molecule has 1 saturated carbocycles. The van der Waals surface area contributed by atoms with Crippen molar-refractivity contribution < 1.29 is 9.84 Å². The summed E-state index contributed by atoms with van der Waals surface area (Å²) >= 11 is 0. The van der Waals surface area contributed by atoms with Crippen molar-refractivity contribution in [2.24, 2.45) is 0 Å². The van der Waals surface area contributed by atoms with Crippen LogP contribution in [0.5, 0.6) is 5.75 Å². The van der Waals surface area contributed by atoms with Crippen molar-refractivity contribution in [3.05, 3.63) is 29.8 Å². The minimum atomic E-state index is -0.144. The Kier molecular flexibility index (Phi) is 5.23. The van der Waals surface area contributed by atoms with Crippen molar-refractivity contribution >= 4 is 0 Å². The van der Waals surface area contributed by atoms with Gasteiger partial charge in [-0.15, -0.1) is 0 Å². The number of methoxy groups -OCH3 is 1. The molecule has 0 radical (unpaired) electrons. The van der Waals surface area contributed by atoms with Gasteiger partial charge in [0.25, 0.3) is 0 Å². The number of hydrogen-bond donors (Lipinski definition) is 1. The Morgan fingerprint density at radius 2 is 1.89 bits per heavy atom. The van der Waals surface area contributed by atoms with Crippen LogP contribution in [0.1, 0.15) is 31.2 Å². The van der Waals surface area contributed by atoms with E-state index in [1.54, 1.807) is 7.11 Å². The minimum Gasteiger partial charge on any atom is -0.497 e. The summed E-state index contributed by atoms with van der Waals surface area (Å²) < 4.78 is 5.16. The highest BCUT2D eigenvalue weighted by Gasteiger charge is 2.26. The molecule has 1 aliphatic rings. The van der Waals surface area contributed by atoms with E-state index in [2.05, 4.69) is 24.1 Å². The lowest BCUT2D eigenvalue weighted by molar-refractivity contribution is 0.0327. The van der Waals surface area contributed by atoms with Gasteiger partial charge in [-0.3, -0.25) is 0 Å². The molecule has 1 aromatic carbocycles. The Bertz CT molecular complexity index is 377. The van der Waals surface area contributed by atoms with Gasteiger partial charge < -0.3 is 14.7 Å². The van der Waals surface area contributed by atoms with Gasteiger partial charge in [-0.05, 0) is 44.0 Å². The third kappa shape index (κ3) is 3.95. The molecular weight excluding hydrogens is 238 g/mol. The number of benzene rings is 1. The lowest BCUT2D eigenvalue weighted by atomic mass is 9.91. The highest BCUT2D eigenvalue weighted by molar-refractivity contribution is 5.27. The normalized spacial score (nSPS) is 23.6. The summed E-state index contributed by atoms with van der Waals surface area (Å²) in [7, 11) is 3.82. The van der Waals surface area contributed by atoms with E-state index in [1.165, 1.54) is 18.4 Å². The van der Waals surface area contributed by atoms with Gasteiger partial charge in [0.2, 0.25) is 0 Å². The lowest BCUT2D eigenvalue weighted by Crippen LogP contribution is -2.44. The van der Waals surface area contributed by atoms with Gasteiger partial charge in [-0.25, -0.2) is 0 Å². The maximum absolute atomic E-state index is 10.0. The van der Waals surface area contributed by atoms with Crippen LogP contribution in [0.4, 0.5) is 0 Å². The average molecular weight is 263 g/mol. The molecule has 19 heavy (non-hydrogen) atoms. The van der Waals surface area contributed by atoms with Crippen LogP contribution in [0.25, 0.3) is 0 Å². The molecule has 3 nitrogen and oxygen atoms in total. The van der Waals surface area contributed by atoms with Crippen molar-refractivity contribution in [1.82, 2.24) is 4.90 Å². The molecule has 2 atom stereocenters. The predicted octanol–water partition coefficient (Wildman–Crippen LogP) is 2.47. The van der Waals surface area contributed by atoms with E-state index in [9.17, 15) is 5.11 Å². The molecule has 1 N–H and O–H groups in total. The number of aliphatic hydroxyl groups is 1. The first-order valence-electron chi connectivity index (χ1n) is 7.22. The summed E-state index contributed by atoms with van der Waals surface area (Å²) in [5, 5.41) is 10.0. The van der Waals surface area contributed by atoms with E-state index in [1.807, 2.05) is 12.1 Å². The fraction of sp³-hybridized carbons (Fsp3) is 0.625. The van der Waals surface area contributed by atoms with E-state index < -0.39 is 0 Å². The first-order chi connectivity index (χ1) is 9.20. The van der Waals surface area contributed by atoms with Crippen molar-refractivity contribution in [3.63, 3.8) is 0 Å². The highest BCUT2D eigenvalue weighted by Crippen LogP contribution is 2.22. The molecule has 0 aliphatic heterocycles. The number of hydrogen-bond acceptors (Lipinski definition) is 3. The topological polar surface area (TPSA) is 32.7 Å². The number of ether oxygens (including phenoxy) is 1. The zero-order valence-corrected chi connectivity index (χ0v) is 12.0. The first kappa shape index (κ1) is 14.4. The molecule has 0 saturated heterocycles. The van der Waals surface area contributed by atoms with Gasteiger partial charge in [0.05, 0.1) is 13.2 Å².